The topological polar surface area (TPSA) is 58.0 Å². The fourth-order valence-electron chi connectivity index (χ4n) is 3.66. The lowest BCUT2D eigenvalue weighted by atomic mass is 10.1. The van der Waals surface area contributed by atoms with E-state index in [1.54, 1.807) is 11.3 Å². The van der Waals surface area contributed by atoms with Gasteiger partial charge in [-0.3, -0.25) is 0 Å². The molecule has 3 aromatic rings. The predicted molar refractivity (Wildman–Crippen MR) is 95.2 cm³/mol. The average molecular weight is 338 g/mol. The highest BCUT2D eigenvalue weighted by molar-refractivity contribution is 7.18. The van der Waals surface area contributed by atoms with E-state index in [0.29, 0.717) is 6.04 Å². The van der Waals surface area contributed by atoms with Gasteiger partial charge >= 0.3 is 0 Å². The van der Waals surface area contributed by atoms with Gasteiger partial charge in [-0.15, -0.1) is 20.4 Å². The summed E-state index contributed by atoms with van der Waals surface area (Å²) >= 11 is 1.63. The van der Waals surface area contributed by atoms with Crippen molar-refractivity contribution >= 4 is 27.4 Å². The normalized spacial score (nSPS) is 23.6. The highest BCUT2D eigenvalue weighted by Gasteiger charge is 2.31. The average Bonchev–Trinajstić information content (AvgIpc) is 2.94. The van der Waals surface area contributed by atoms with Crippen molar-refractivity contribution in [3.8, 4) is 10.7 Å². The minimum Gasteiger partial charge on any atom is -0.342 e. The summed E-state index contributed by atoms with van der Waals surface area (Å²) in [6, 6.07) is 10.7. The lowest BCUT2D eigenvalue weighted by Gasteiger charge is -2.30. The first kappa shape index (κ1) is 14.2. The molecule has 0 saturated carbocycles. The molecule has 0 aliphatic carbocycles. The Balaban J connectivity index is 1.47. The molecule has 0 atom stereocenters. The van der Waals surface area contributed by atoms with Gasteiger partial charge in [0.15, 0.2) is 5.01 Å². The molecule has 3 saturated heterocycles. The molecule has 6 nitrogen and oxygen atoms in total. The zero-order valence-electron chi connectivity index (χ0n) is 13.3. The van der Waals surface area contributed by atoms with E-state index in [4.69, 9.17) is 0 Å². The van der Waals surface area contributed by atoms with Crippen LogP contribution in [0, 0.1) is 0 Å². The zero-order valence-corrected chi connectivity index (χ0v) is 14.1. The van der Waals surface area contributed by atoms with E-state index in [1.165, 1.54) is 25.9 Å². The maximum absolute atomic E-state index is 4.46. The predicted octanol–water partition coefficient (Wildman–Crippen LogP) is 2.43. The molecule has 122 valence electrons. The second kappa shape index (κ2) is 5.75. The molecule has 1 aromatic carbocycles. The van der Waals surface area contributed by atoms with Crippen molar-refractivity contribution in [1.29, 1.82) is 0 Å². The number of aromatic nitrogens is 4. The molecule has 2 bridgehead atoms. The first-order valence-electron chi connectivity index (χ1n) is 8.42. The second-order valence-corrected chi connectivity index (χ2v) is 7.40. The largest absolute Gasteiger partial charge is 0.342 e. The van der Waals surface area contributed by atoms with E-state index >= 15 is 0 Å². The minimum absolute atomic E-state index is 0.604. The van der Waals surface area contributed by atoms with Gasteiger partial charge in [-0.1, -0.05) is 29.5 Å². The van der Waals surface area contributed by atoms with Crippen LogP contribution in [0.4, 0.5) is 5.13 Å². The number of piperidine rings is 1. The Morgan fingerprint density at radius 2 is 1.79 bits per heavy atom. The van der Waals surface area contributed by atoms with E-state index in [-0.39, 0.29) is 0 Å². The number of benzene rings is 1. The van der Waals surface area contributed by atoms with E-state index < -0.39 is 0 Å². The molecule has 3 aliphatic rings. The number of rotatable bonds is 2. The Labute approximate surface area is 144 Å². The summed E-state index contributed by atoms with van der Waals surface area (Å²) in [4.78, 5) is 5.00. The van der Waals surface area contributed by atoms with Crippen LogP contribution in [0.15, 0.2) is 30.3 Å². The van der Waals surface area contributed by atoms with E-state index in [1.807, 2.05) is 24.3 Å². The zero-order chi connectivity index (χ0) is 15.9. The van der Waals surface area contributed by atoms with Gasteiger partial charge in [0, 0.05) is 37.6 Å². The van der Waals surface area contributed by atoms with Gasteiger partial charge in [0.1, 0.15) is 5.69 Å². The third-order valence-electron chi connectivity index (χ3n) is 5.03. The van der Waals surface area contributed by atoms with Crippen molar-refractivity contribution in [2.24, 2.45) is 0 Å². The fourth-order valence-corrected chi connectivity index (χ4v) is 4.56. The maximum atomic E-state index is 4.46. The van der Waals surface area contributed by atoms with Crippen molar-refractivity contribution < 1.29 is 0 Å². The number of nitrogens with zero attached hydrogens (tertiary/aromatic N) is 6. The van der Waals surface area contributed by atoms with E-state index in [0.717, 1.165) is 39.8 Å². The third-order valence-corrected chi connectivity index (χ3v) is 6.01. The Bertz CT molecular complexity index is 870. The lowest BCUT2D eigenvalue weighted by Crippen LogP contribution is -2.37. The van der Waals surface area contributed by atoms with E-state index in [2.05, 4.69) is 36.3 Å². The van der Waals surface area contributed by atoms with Crippen molar-refractivity contribution in [3.05, 3.63) is 30.3 Å². The molecule has 0 spiro atoms. The molecule has 2 aromatic heterocycles. The number of hydrogen-bond acceptors (Lipinski definition) is 7. The summed E-state index contributed by atoms with van der Waals surface area (Å²) in [5.74, 6) is 0. The SMILES string of the molecule is c1ccc2nnc(-c3nnc(N4CCN5CCC4CC5)s3)cc2c1. The van der Waals surface area contributed by atoms with Crippen molar-refractivity contribution in [2.45, 2.75) is 18.9 Å². The van der Waals surface area contributed by atoms with Crippen LogP contribution in [0.2, 0.25) is 0 Å². The Kier molecular flexibility index (Phi) is 3.41. The molecule has 0 radical (unpaired) electrons. The van der Waals surface area contributed by atoms with Crippen LogP contribution in [0.25, 0.3) is 21.6 Å². The van der Waals surface area contributed by atoms with Crippen molar-refractivity contribution in [3.63, 3.8) is 0 Å². The quantitative estimate of drug-likeness (QED) is 0.715. The highest BCUT2D eigenvalue weighted by atomic mass is 32.1. The highest BCUT2D eigenvalue weighted by Crippen LogP contribution is 2.32. The maximum Gasteiger partial charge on any atom is 0.208 e. The van der Waals surface area contributed by atoms with Gasteiger partial charge in [0.25, 0.3) is 0 Å². The van der Waals surface area contributed by atoms with Gasteiger partial charge in [0.05, 0.1) is 5.52 Å². The van der Waals surface area contributed by atoms with Crippen LogP contribution in [0.3, 0.4) is 0 Å². The number of hydrogen-bond donors (Lipinski definition) is 0. The summed E-state index contributed by atoms with van der Waals surface area (Å²) in [6.45, 7) is 4.59. The van der Waals surface area contributed by atoms with Crippen LogP contribution in [-0.4, -0.2) is 57.5 Å². The molecule has 5 heterocycles. The van der Waals surface area contributed by atoms with Crippen LogP contribution in [-0.2, 0) is 0 Å². The number of anilines is 1. The molecule has 3 fully saturated rings. The van der Waals surface area contributed by atoms with Gasteiger partial charge in [0.2, 0.25) is 5.13 Å². The molecule has 6 rings (SSSR count). The summed E-state index contributed by atoms with van der Waals surface area (Å²) in [5, 5.41) is 20.4. The minimum atomic E-state index is 0.604. The monoisotopic (exact) mass is 338 g/mol. The van der Waals surface area contributed by atoms with E-state index in [9.17, 15) is 0 Å². The Morgan fingerprint density at radius 3 is 2.71 bits per heavy atom. The smallest absolute Gasteiger partial charge is 0.208 e. The third kappa shape index (κ3) is 2.44. The van der Waals surface area contributed by atoms with Crippen molar-refractivity contribution in [1.82, 2.24) is 25.3 Å². The standard InChI is InChI=1S/C17H18N6S/c1-2-4-14-12(3-1)11-15(19-18-14)16-20-21-17(24-16)23-10-9-22-7-5-13(23)6-8-22/h1-4,11,13H,5-10H2. The molecule has 3 aliphatic heterocycles. The van der Waals surface area contributed by atoms with Crippen LogP contribution >= 0.6 is 11.3 Å². The second-order valence-electron chi connectivity index (χ2n) is 6.44. The molecule has 0 unspecified atom stereocenters. The molecule has 0 amide bonds. The molecular weight excluding hydrogens is 320 g/mol. The molecule has 7 heteroatoms. The molecule has 0 N–H and O–H groups in total. The fraction of sp³-hybridized carbons (Fsp3) is 0.412. The van der Waals surface area contributed by atoms with Gasteiger partial charge in [-0.05, 0) is 25.0 Å². The van der Waals surface area contributed by atoms with Gasteiger partial charge in [-0.2, -0.15) is 0 Å². The number of fused-ring (bicyclic) bond motifs is 5. The lowest BCUT2D eigenvalue weighted by molar-refractivity contribution is 0.250. The van der Waals surface area contributed by atoms with Crippen LogP contribution in [0.1, 0.15) is 12.8 Å². The molecular formula is C17H18N6S. The van der Waals surface area contributed by atoms with Crippen molar-refractivity contribution in [2.75, 3.05) is 31.1 Å². The Morgan fingerprint density at radius 1 is 0.917 bits per heavy atom. The van der Waals surface area contributed by atoms with Gasteiger partial charge < -0.3 is 9.80 Å². The molecule has 24 heavy (non-hydrogen) atoms. The van der Waals surface area contributed by atoms with Crippen LogP contribution < -0.4 is 4.90 Å². The summed E-state index contributed by atoms with van der Waals surface area (Å²) in [5.41, 5.74) is 1.71. The Hall–Kier alpha value is -2.12. The van der Waals surface area contributed by atoms with Crippen LogP contribution in [0.5, 0.6) is 0 Å². The first-order valence-corrected chi connectivity index (χ1v) is 9.24. The van der Waals surface area contributed by atoms with Gasteiger partial charge in [-0.25, -0.2) is 0 Å². The summed E-state index contributed by atoms with van der Waals surface area (Å²) in [7, 11) is 0. The summed E-state index contributed by atoms with van der Waals surface area (Å²) in [6.07, 6.45) is 2.45. The first-order chi connectivity index (χ1) is 11.9. The summed E-state index contributed by atoms with van der Waals surface area (Å²) < 4.78 is 0.